The summed E-state index contributed by atoms with van der Waals surface area (Å²) in [5, 5.41) is 12.6. The van der Waals surface area contributed by atoms with Gasteiger partial charge in [-0.15, -0.1) is 0 Å². The summed E-state index contributed by atoms with van der Waals surface area (Å²) >= 11 is 0. The maximum Gasteiger partial charge on any atom is 0.354 e. The number of aromatic carboxylic acids is 1. The van der Waals surface area contributed by atoms with Gasteiger partial charge in [0.1, 0.15) is 17.1 Å². The van der Waals surface area contributed by atoms with E-state index in [1.165, 1.54) is 19.2 Å². The summed E-state index contributed by atoms with van der Waals surface area (Å²) in [6.45, 7) is 2.51. The molecule has 2 bridgehead atoms. The molecule has 2 atom stereocenters. The average molecular weight is 341 g/mol. The summed E-state index contributed by atoms with van der Waals surface area (Å²) in [5.74, 6) is 0.106. The molecule has 0 aliphatic carbocycles. The highest BCUT2D eigenvalue weighted by molar-refractivity contribution is 5.86. The van der Waals surface area contributed by atoms with Crippen molar-refractivity contribution in [1.82, 2.24) is 14.9 Å². The lowest BCUT2D eigenvalue weighted by atomic mass is 9.83. The summed E-state index contributed by atoms with van der Waals surface area (Å²) in [6, 6.07) is 6.44. The van der Waals surface area contributed by atoms with Crippen LogP contribution in [-0.2, 0) is 6.54 Å². The minimum absolute atomic E-state index is 0.0753. The lowest BCUT2D eigenvalue weighted by Crippen LogP contribution is -2.44. The first-order valence-electron chi connectivity index (χ1n) is 8.31. The fraction of sp³-hybridized carbons (Fsp3) is 0.389. The Kier molecular flexibility index (Phi) is 3.80. The van der Waals surface area contributed by atoms with Crippen LogP contribution in [0.2, 0.25) is 0 Å². The number of pyridine rings is 2. The molecule has 2 aliphatic heterocycles. The molecule has 0 radical (unpaired) electrons. The van der Waals surface area contributed by atoms with Crippen LogP contribution >= 0.6 is 0 Å². The molecule has 2 aromatic heterocycles. The predicted octanol–water partition coefficient (Wildman–Crippen LogP) is 1.32. The smallest absolute Gasteiger partial charge is 0.354 e. The molecular formula is C18H19N3O4. The van der Waals surface area contributed by atoms with Crippen LogP contribution in [0.25, 0.3) is 11.3 Å². The van der Waals surface area contributed by atoms with Gasteiger partial charge in [0, 0.05) is 36.3 Å². The highest BCUT2D eigenvalue weighted by Crippen LogP contribution is 2.35. The van der Waals surface area contributed by atoms with Crippen LogP contribution < -0.4 is 15.6 Å². The largest absolute Gasteiger partial charge is 0.494 e. The van der Waals surface area contributed by atoms with E-state index in [9.17, 15) is 14.7 Å². The molecule has 0 aromatic carbocycles. The van der Waals surface area contributed by atoms with E-state index in [0.29, 0.717) is 22.9 Å². The van der Waals surface area contributed by atoms with Gasteiger partial charge in [0.25, 0.3) is 5.56 Å². The second-order valence-electron chi connectivity index (χ2n) is 6.63. The highest BCUT2D eigenvalue weighted by atomic mass is 16.5. The molecule has 25 heavy (non-hydrogen) atoms. The zero-order chi connectivity index (χ0) is 17.6. The highest BCUT2D eigenvalue weighted by Gasteiger charge is 2.31. The zero-order valence-corrected chi connectivity index (χ0v) is 13.9. The number of ether oxygens (including phenoxy) is 1. The van der Waals surface area contributed by atoms with Crippen LogP contribution in [0.1, 0.15) is 28.5 Å². The van der Waals surface area contributed by atoms with Gasteiger partial charge >= 0.3 is 5.97 Å². The Morgan fingerprint density at radius 1 is 1.36 bits per heavy atom. The zero-order valence-electron chi connectivity index (χ0n) is 13.9. The fourth-order valence-corrected chi connectivity index (χ4v) is 3.88. The van der Waals surface area contributed by atoms with Crippen molar-refractivity contribution in [3.63, 3.8) is 0 Å². The SMILES string of the molecule is COc1ccc(C(=O)O)nc1-c1cc2n(c(=O)c1)C[C@@H]1CNC[C@H]2C1. The Hall–Kier alpha value is -2.67. The minimum atomic E-state index is -1.11. The molecule has 2 aromatic rings. The number of methoxy groups -OCH3 is 1. The summed E-state index contributed by atoms with van der Waals surface area (Å²) in [7, 11) is 1.50. The molecular weight excluding hydrogens is 322 g/mol. The van der Waals surface area contributed by atoms with E-state index >= 15 is 0 Å². The Morgan fingerprint density at radius 3 is 2.96 bits per heavy atom. The number of carbonyl (C=O) groups is 1. The van der Waals surface area contributed by atoms with Crippen molar-refractivity contribution in [3.8, 4) is 17.0 Å². The third-order valence-electron chi connectivity index (χ3n) is 5.03. The van der Waals surface area contributed by atoms with Gasteiger partial charge in [-0.1, -0.05) is 0 Å². The van der Waals surface area contributed by atoms with Crippen LogP contribution in [-0.4, -0.2) is 40.8 Å². The second-order valence-corrected chi connectivity index (χ2v) is 6.63. The van der Waals surface area contributed by atoms with E-state index in [0.717, 1.165) is 31.7 Å². The van der Waals surface area contributed by atoms with Crippen molar-refractivity contribution in [2.24, 2.45) is 5.92 Å². The second kappa shape index (κ2) is 6.00. The molecule has 1 saturated heterocycles. The van der Waals surface area contributed by atoms with Crippen molar-refractivity contribution >= 4 is 5.97 Å². The molecule has 7 heteroatoms. The van der Waals surface area contributed by atoms with Crippen LogP contribution in [0, 0.1) is 5.92 Å². The molecule has 7 nitrogen and oxygen atoms in total. The number of piperidine rings is 1. The van der Waals surface area contributed by atoms with Gasteiger partial charge in [-0.05, 0) is 37.1 Å². The number of nitrogens with zero attached hydrogens (tertiary/aromatic N) is 2. The molecule has 4 rings (SSSR count). The normalized spacial score (nSPS) is 21.5. The summed E-state index contributed by atoms with van der Waals surface area (Å²) in [4.78, 5) is 28.1. The molecule has 4 heterocycles. The molecule has 2 aliphatic rings. The van der Waals surface area contributed by atoms with Crippen molar-refractivity contribution in [1.29, 1.82) is 0 Å². The van der Waals surface area contributed by atoms with Gasteiger partial charge in [-0.2, -0.15) is 0 Å². The van der Waals surface area contributed by atoms with E-state index in [1.54, 1.807) is 6.07 Å². The van der Waals surface area contributed by atoms with Crippen molar-refractivity contribution in [2.45, 2.75) is 18.9 Å². The summed E-state index contributed by atoms with van der Waals surface area (Å²) in [5.41, 5.74) is 1.81. The number of aromatic nitrogens is 2. The van der Waals surface area contributed by atoms with E-state index in [-0.39, 0.29) is 17.2 Å². The Balaban J connectivity index is 1.87. The van der Waals surface area contributed by atoms with Gasteiger partial charge in [0.2, 0.25) is 0 Å². The van der Waals surface area contributed by atoms with Crippen molar-refractivity contribution in [2.75, 3.05) is 20.2 Å². The minimum Gasteiger partial charge on any atom is -0.494 e. The molecule has 0 amide bonds. The molecule has 1 fully saturated rings. The van der Waals surface area contributed by atoms with Crippen molar-refractivity contribution < 1.29 is 14.6 Å². The molecule has 0 saturated carbocycles. The monoisotopic (exact) mass is 341 g/mol. The summed E-state index contributed by atoms with van der Waals surface area (Å²) < 4.78 is 7.17. The molecule has 130 valence electrons. The number of nitrogens with one attached hydrogen (secondary N) is 1. The first-order chi connectivity index (χ1) is 12.1. The van der Waals surface area contributed by atoms with Crippen LogP contribution in [0.4, 0.5) is 0 Å². The first kappa shape index (κ1) is 15.8. The average Bonchev–Trinajstić information content (AvgIpc) is 2.62. The number of carboxylic acids is 1. The predicted molar refractivity (Wildman–Crippen MR) is 91.2 cm³/mol. The lowest BCUT2D eigenvalue weighted by Gasteiger charge is -2.37. The third-order valence-corrected chi connectivity index (χ3v) is 5.03. The lowest BCUT2D eigenvalue weighted by molar-refractivity contribution is 0.0690. The number of hydrogen-bond acceptors (Lipinski definition) is 5. The van der Waals surface area contributed by atoms with E-state index in [4.69, 9.17) is 4.74 Å². The quantitative estimate of drug-likeness (QED) is 0.875. The number of rotatable bonds is 3. The maximum atomic E-state index is 12.7. The van der Waals surface area contributed by atoms with Crippen LogP contribution in [0.15, 0.2) is 29.1 Å². The van der Waals surface area contributed by atoms with Gasteiger partial charge in [-0.3, -0.25) is 4.79 Å². The standard InChI is InChI=1S/C18H19N3O4/c1-25-15-3-2-13(18(23)24)20-17(15)11-5-14-12-4-10(7-19-8-12)9-21(14)16(22)6-11/h2-3,5-6,10,12,19H,4,7-9H2,1H3,(H,23,24)/t10-,12+/m0/s1. The Morgan fingerprint density at radius 2 is 2.20 bits per heavy atom. The molecule has 0 unspecified atom stereocenters. The number of carboxylic acid groups (broad SMARTS) is 1. The van der Waals surface area contributed by atoms with Gasteiger partial charge < -0.3 is 19.7 Å². The van der Waals surface area contributed by atoms with Crippen molar-refractivity contribution in [3.05, 3.63) is 46.0 Å². The maximum absolute atomic E-state index is 12.7. The van der Waals surface area contributed by atoms with Gasteiger partial charge in [0.15, 0.2) is 0 Å². The van der Waals surface area contributed by atoms with Gasteiger partial charge in [0.05, 0.1) is 7.11 Å². The summed E-state index contributed by atoms with van der Waals surface area (Å²) in [6.07, 6.45) is 1.07. The fourth-order valence-electron chi connectivity index (χ4n) is 3.88. The molecule has 2 N–H and O–H groups in total. The van der Waals surface area contributed by atoms with Crippen LogP contribution in [0.3, 0.4) is 0 Å². The van der Waals surface area contributed by atoms with E-state index < -0.39 is 5.97 Å². The number of fused-ring (bicyclic) bond motifs is 4. The van der Waals surface area contributed by atoms with Gasteiger partial charge in [-0.25, -0.2) is 9.78 Å². The molecule has 0 spiro atoms. The van der Waals surface area contributed by atoms with E-state index in [2.05, 4.69) is 10.3 Å². The topological polar surface area (TPSA) is 93.4 Å². The van der Waals surface area contributed by atoms with Crippen LogP contribution in [0.5, 0.6) is 5.75 Å². The first-order valence-corrected chi connectivity index (χ1v) is 8.31. The Bertz CT molecular complexity index is 906. The third kappa shape index (κ3) is 2.70. The Labute approximate surface area is 144 Å². The number of hydrogen-bond donors (Lipinski definition) is 2. The van der Waals surface area contributed by atoms with E-state index in [1.807, 2.05) is 10.6 Å².